The Hall–Kier alpha value is -0.560. The van der Waals surface area contributed by atoms with Crippen LogP contribution in [-0.2, 0) is 0 Å². The van der Waals surface area contributed by atoms with Crippen molar-refractivity contribution in [2.45, 2.75) is 25.5 Å². The monoisotopic (exact) mass is 157 g/mol. The zero-order valence-electron chi connectivity index (χ0n) is 6.75. The smallest absolute Gasteiger partial charge is 0.0895 e. The van der Waals surface area contributed by atoms with E-state index in [0.717, 1.165) is 6.42 Å². The SMILES string of the molecule is C#CC(CC)NC[C@H](O)CO. The molecule has 3 nitrogen and oxygen atoms in total. The first-order valence-electron chi connectivity index (χ1n) is 3.73. The van der Waals surface area contributed by atoms with Gasteiger partial charge in [0.25, 0.3) is 0 Å². The van der Waals surface area contributed by atoms with Gasteiger partial charge < -0.3 is 15.5 Å². The fourth-order valence-electron chi connectivity index (χ4n) is 0.664. The summed E-state index contributed by atoms with van der Waals surface area (Å²) in [7, 11) is 0. The van der Waals surface area contributed by atoms with Gasteiger partial charge in [-0.1, -0.05) is 12.8 Å². The lowest BCUT2D eigenvalue weighted by Crippen LogP contribution is -2.35. The molecule has 0 fully saturated rings. The van der Waals surface area contributed by atoms with E-state index in [1.165, 1.54) is 0 Å². The minimum Gasteiger partial charge on any atom is -0.394 e. The Balaban J connectivity index is 3.44. The number of terminal acetylenes is 1. The maximum Gasteiger partial charge on any atom is 0.0895 e. The van der Waals surface area contributed by atoms with Crippen molar-refractivity contribution in [1.29, 1.82) is 0 Å². The van der Waals surface area contributed by atoms with Crippen LogP contribution in [0.15, 0.2) is 0 Å². The van der Waals surface area contributed by atoms with Crippen molar-refractivity contribution in [1.82, 2.24) is 5.32 Å². The van der Waals surface area contributed by atoms with Crippen LogP contribution in [-0.4, -0.2) is 35.5 Å². The van der Waals surface area contributed by atoms with E-state index in [0.29, 0.717) is 6.54 Å². The minimum absolute atomic E-state index is 0.00352. The molecule has 0 aliphatic carbocycles. The van der Waals surface area contributed by atoms with Gasteiger partial charge in [0.1, 0.15) is 0 Å². The molecule has 0 aromatic carbocycles. The number of nitrogens with one attached hydrogen (secondary N) is 1. The van der Waals surface area contributed by atoms with Gasteiger partial charge in [0.2, 0.25) is 0 Å². The number of rotatable bonds is 5. The summed E-state index contributed by atoms with van der Waals surface area (Å²) in [5.74, 6) is 2.53. The van der Waals surface area contributed by atoms with E-state index >= 15 is 0 Å². The molecule has 0 aliphatic rings. The normalized spacial score (nSPS) is 15.5. The van der Waals surface area contributed by atoms with Gasteiger partial charge in [0.05, 0.1) is 18.8 Å². The van der Waals surface area contributed by atoms with Gasteiger partial charge in [-0.25, -0.2) is 0 Å². The van der Waals surface area contributed by atoms with Crippen molar-refractivity contribution >= 4 is 0 Å². The molecular formula is C8H15NO2. The quantitative estimate of drug-likeness (QED) is 0.464. The average molecular weight is 157 g/mol. The molecule has 64 valence electrons. The van der Waals surface area contributed by atoms with Crippen LogP contribution in [0.4, 0.5) is 0 Å². The maximum absolute atomic E-state index is 8.92. The summed E-state index contributed by atoms with van der Waals surface area (Å²) in [5, 5.41) is 20.3. The summed E-state index contributed by atoms with van der Waals surface area (Å²) in [6, 6.07) is -0.00352. The molecule has 0 bridgehead atoms. The zero-order valence-corrected chi connectivity index (χ0v) is 6.75. The third-order valence-electron chi connectivity index (χ3n) is 1.42. The van der Waals surface area contributed by atoms with Crippen molar-refractivity contribution in [2.75, 3.05) is 13.2 Å². The van der Waals surface area contributed by atoms with E-state index in [4.69, 9.17) is 16.6 Å². The Morgan fingerprint density at radius 3 is 2.64 bits per heavy atom. The van der Waals surface area contributed by atoms with Gasteiger partial charge >= 0.3 is 0 Å². The standard InChI is InChI=1S/C8H15NO2/c1-3-7(4-2)9-5-8(11)6-10/h1,7-11H,4-6H2,2H3/t7?,8-/m0/s1. The lowest BCUT2D eigenvalue weighted by molar-refractivity contribution is 0.0932. The Labute approximate surface area is 67.4 Å². The van der Waals surface area contributed by atoms with Gasteiger partial charge in [0, 0.05) is 6.54 Å². The van der Waals surface area contributed by atoms with Crippen LogP contribution in [0, 0.1) is 12.3 Å². The Morgan fingerprint density at radius 1 is 1.64 bits per heavy atom. The van der Waals surface area contributed by atoms with E-state index in [-0.39, 0.29) is 12.6 Å². The van der Waals surface area contributed by atoms with E-state index in [2.05, 4.69) is 11.2 Å². The number of hydrogen-bond donors (Lipinski definition) is 3. The Morgan fingerprint density at radius 2 is 2.27 bits per heavy atom. The lowest BCUT2D eigenvalue weighted by Gasteiger charge is -2.12. The molecule has 2 atom stereocenters. The minimum atomic E-state index is -0.711. The van der Waals surface area contributed by atoms with Crippen molar-refractivity contribution in [3.05, 3.63) is 0 Å². The van der Waals surface area contributed by atoms with Gasteiger partial charge in [0.15, 0.2) is 0 Å². The van der Waals surface area contributed by atoms with Crippen molar-refractivity contribution < 1.29 is 10.2 Å². The average Bonchev–Trinajstić information content (AvgIpc) is 2.06. The molecule has 0 saturated carbocycles. The van der Waals surface area contributed by atoms with E-state index in [1.54, 1.807) is 0 Å². The number of aliphatic hydroxyl groups excluding tert-OH is 2. The molecular weight excluding hydrogens is 142 g/mol. The largest absolute Gasteiger partial charge is 0.394 e. The molecule has 11 heavy (non-hydrogen) atoms. The molecule has 0 spiro atoms. The highest BCUT2D eigenvalue weighted by molar-refractivity contribution is 4.97. The lowest BCUT2D eigenvalue weighted by atomic mass is 10.2. The highest BCUT2D eigenvalue weighted by Crippen LogP contribution is 1.88. The molecule has 0 saturated heterocycles. The van der Waals surface area contributed by atoms with Crippen LogP contribution in [0.3, 0.4) is 0 Å². The molecule has 0 aromatic rings. The topological polar surface area (TPSA) is 52.5 Å². The van der Waals surface area contributed by atoms with Gasteiger partial charge in [-0.15, -0.1) is 6.42 Å². The van der Waals surface area contributed by atoms with E-state index < -0.39 is 6.10 Å². The Bertz CT molecular complexity index is 131. The third-order valence-corrected chi connectivity index (χ3v) is 1.42. The van der Waals surface area contributed by atoms with E-state index in [1.807, 2.05) is 6.92 Å². The van der Waals surface area contributed by atoms with Crippen molar-refractivity contribution in [2.24, 2.45) is 0 Å². The second-order valence-corrected chi connectivity index (χ2v) is 2.37. The fraction of sp³-hybridized carbons (Fsp3) is 0.750. The van der Waals surface area contributed by atoms with Crippen molar-refractivity contribution in [3.63, 3.8) is 0 Å². The maximum atomic E-state index is 8.92. The molecule has 0 heterocycles. The summed E-state index contributed by atoms with van der Waals surface area (Å²) in [6.07, 6.45) is 5.27. The summed E-state index contributed by atoms with van der Waals surface area (Å²) in [6.45, 7) is 2.08. The van der Waals surface area contributed by atoms with Gasteiger partial charge in [-0.05, 0) is 6.42 Å². The molecule has 0 radical (unpaired) electrons. The van der Waals surface area contributed by atoms with Gasteiger partial charge in [-0.2, -0.15) is 0 Å². The molecule has 1 unspecified atom stereocenters. The summed E-state index contributed by atoms with van der Waals surface area (Å²) >= 11 is 0. The molecule has 0 rings (SSSR count). The highest BCUT2D eigenvalue weighted by Gasteiger charge is 2.04. The molecule has 0 aliphatic heterocycles. The number of aliphatic hydroxyl groups is 2. The molecule has 0 aromatic heterocycles. The van der Waals surface area contributed by atoms with Crippen LogP contribution >= 0.6 is 0 Å². The second kappa shape index (κ2) is 6.17. The third kappa shape index (κ3) is 4.79. The molecule has 3 heteroatoms. The summed E-state index contributed by atoms with van der Waals surface area (Å²) in [4.78, 5) is 0. The van der Waals surface area contributed by atoms with Crippen molar-refractivity contribution in [3.8, 4) is 12.3 Å². The number of hydrogen-bond acceptors (Lipinski definition) is 3. The first kappa shape index (κ1) is 10.4. The summed E-state index contributed by atoms with van der Waals surface area (Å²) < 4.78 is 0. The first-order valence-corrected chi connectivity index (χ1v) is 3.73. The van der Waals surface area contributed by atoms with Crippen LogP contribution in [0.1, 0.15) is 13.3 Å². The predicted octanol–water partition coefficient (Wildman–Crippen LogP) is -0.659. The predicted molar refractivity (Wildman–Crippen MR) is 44.0 cm³/mol. The Kier molecular flexibility index (Phi) is 5.86. The fourth-order valence-corrected chi connectivity index (χ4v) is 0.664. The molecule has 3 N–H and O–H groups in total. The van der Waals surface area contributed by atoms with Gasteiger partial charge in [-0.3, -0.25) is 0 Å². The summed E-state index contributed by atoms with van der Waals surface area (Å²) in [5.41, 5.74) is 0. The molecule has 0 amide bonds. The van der Waals surface area contributed by atoms with Crippen LogP contribution < -0.4 is 5.32 Å². The van der Waals surface area contributed by atoms with Crippen LogP contribution in [0.25, 0.3) is 0 Å². The zero-order chi connectivity index (χ0) is 8.69. The van der Waals surface area contributed by atoms with Crippen LogP contribution in [0.5, 0.6) is 0 Å². The highest BCUT2D eigenvalue weighted by atomic mass is 16.3. The van der Waals surface area contributed by atoms with Crippen LogP contribution in [0.2, 0.25) is 0 Å². The second-order valence-electron chi connectivity index (χ2n) is 2.37. The first-order chi connectivity index (χ1) is 5.24. The van der Waals surface area contributed by atoms with E-state index in [9.17, 15) is 0 Å².